The zero-order valence-corrected chi connectivity index (χ0v) is 14.6. The Morgan fingerprint density at radius 1 is 0.926 bits per heavy atom. The smallest absolute Gasteiger partial charge is 0.421 e. The fourth-order valence-electron chi connectivity index (χ4n) is 2.45. The minimum Gasteiger partial charge on any atom is -0.495 e. The monoisotopic (exact) mass is 374 g/mol. The van der Waals surface area contributed by atoms with Crippen LogP contribution in [0.1, 0.15) is 11.1 Å². The van der Waals surface area contributed by atoms with Gasteiger partial charge in [-0.3, -0.25) is 0 Å². The number of ether oxygens (including phenoxy) is 1. The van der Waals surface area contributed by atoms with E-state index in [2.05, 4.69) is 20.6 Å². The molecule has 0 aliphatic heterocycles. The SMILES string of the molecule is COc1ccccc1Nc1nc(Nc2ccccc2C)ncc1C(F)(F)F. The Morgan fingerprint density at radius 2 is 1.59 bits per heavy atom. The molecule has 3 rings (SSSR count). The standard InChI is InChI=1S/C19H17F3N4O/c1-12-7-3-4-8-14(12)25-18-23-11-13(19(20,21)22)17(26-18)24-15-9-5-6-10-16(15)27-2/h3-11H,1-2H3,(H2,23,24,25,26). The van der Waals surface area contributed by atoms with Crippen molar-refractivity contribution >= 4 is 23.1 Å². The van der Waals surface area contributed by atoms with Crippen molar-refractivity contribution in [3.63, 3.8) is 0 Å². The molecule has 0 saturated carbocycles. The van der Waals surface area contributed by atoms with Crippen LogP contribution in [0.5, 0.6) is 5.75 Å². The van der Waals surface area contributed by atoms with Gasteiger partial charge in [0.25, 0.3) is 0 Å². The van der Waals surface area contributed by atoms with Crippen molar-refractivity contribution in [3.8, 4) is 5.75 Å². The summed E-state index contributed by atoms with van der Waals surface area (Å²) in [5.74, 6) is 0.0884. The first-order valence-electron chi connectivity index (χ1n) is 8.05. The molecule has 0 aliphatic rings. The van der Waals surface area contributed by atoms with Gasteiger partial charge >= 0.3 is 6.18 Å². The summed E-state index contributed by atoms with van der Waals surface area (Å²) in [7, 11) is 1.44. The van der Waals surface area contributed by atoms with E-state index in [0.717, 1.165) is 11.8 Å². The molecule has 0 spiro atoms. The number of para-hydroxylation sites is 3. The molecule has 0 fully saturated rings. The van der Waals surface area contributed by atoms with E-state index >= 15 is 0 Å². The van der Waals surface area contributed by atoms with Crippen LogP contribution < -0.4 is 15.4 Å². The number of halogens is 3. The lowest BCUT2D eigenvalue weighted by atomic mass is 10.2. The second kappa shape index (κ2) is 7.53. The molecule has 1 heterocycles. The van der Waals surface area contributed by atoms with Crippen molar-refractivity contribution in [2.24, 2.45) is 0 Å². The molecule has 0 unspecified atom stereocenters. The summed E-state index contributed by atoms with van der Waals surface area (Å²) in [4.78, 5) is 7.85. The number of alkyl halides is 3. The predicted octanol–water partition coefficient (Wildman–Crippen LogP) is 5.30. The zero-order valence-electron chi connectivity index (χ0n) is 14.6. The molecule has 0 bridgehead atoms. The van der Waals surface area contributed by atoms with Gasteiger partial charge in [0.2, 0.25) is 5.95 Å². The van der Waals surface area contributed by atoms with Gasteiger partial charge in [-0.25, -0.2) is 4.98 Å². The molecule has 8 heteroatoms. The van der Waals surface area contributed by atoms with Crippen molar-refractivity contribution in [2.75, 3.05) is 17.7 Å². The van der Waals surface area contributed by atoms with Gasteiger partial charge in [-0.2, -0.15) is 18.2 Å². The maximum absolute atomic E-state index is 13.4. The largest absolute Gasteiger partial charge is 0.495 e. The van der Waals surface area contributed by atoms with Gasteiger partial charge in [0.15, 0.2) is 0 Å². The van der Waals surface area contributed by atoms with Gasteiger partial charge in [-0.15, -0.1) is 0 Å². The fourth-order valence-corrected chi connectivity index (χ4v) is 2.45. The van der Waals surface area contributed by atoms with Gasteiger partial charge in [0, 0.05) is 11.9 Å². The van der Waals surface area contributed by atoms with Crippen LogP contribution in [0, 0.1) is 6.92 Å². The number of nitrogens with one attached hydrogen (secondary N) is 2. The lowest BCUT2D eigenvalue weighted by Gasteiger charge is -2.16. The highest BCUT2D eigenvalue weighted by molar-refractivity contribution is 5.68. The summed E-state index contributed by atoms with van der Waals surface area (Å²) in [6.07, 6.45) is -3.85. The van der Waals surface area contributed by atoms with Gasteiger partial charge in [0.1, 0.15) is 17.1 Å². The van der Waals surface area contributed by atoms with E-state index in [1.807, 2.05) is 25.1 Å². The molecule has 140 valence electrons. The Bertz CT molecular complexity index is 944. The van der Waals surface area contributed by atoms with Crippen LogP contribution >= 0.6 is 0 Å². The van der Waals surface area contributed by atoms with Crippen molar-refractivity contribution in [2.45, 2.75) is 13.1 Å². The second-order valence-electron chi connectivity index (χ2n) is 5.72. The number of hydrogen-bond donors (Lipinski definition) is 2. The number of rotatable bonds is 5. The van der Waals surface area contributed by atoms with Gasteiger partial charge in [-0.05, 0) is 30.7 Å². The molecule has 1 aromatic heterocycles. The topological polar surface area (TPSA) is 59.1 Å². The number of benzene rings is 2. The highest BCUT2D eigenvalue weighted by Gasteiger charge is 2.35. The van der Waals surface area contributed by atoms with Crippen molar-refractivity contribution in [1.82, 2.24) is 9.97 Å². The quantitative estimate of drug-likeness (QED) is 0.635. The van der Waals surface area contributed by atoms with Crippen LogP contribution in [0.3, 0.4) is 0 Å². The van der Waals surface area contributed by atoms with E-state index in [1.165, 1.54) is 7.11 Å². The highest BCUT2D eigenvalue weighted by Crippen LogP contribution is 2.37. The Hall–Kier alpha value is -3.29. The summed E-state index contributed by atoms with van der Waals surface area (Å²) in [5.41, 5.74) is 1.02. The lowest BCUT2D eigenvalue weighted by molar-refractivity contribution is -0.137. The summed E-state index contributed by atoms with van der Waals surface area (Å²) in [5, 5.41) is 5.65. The fraction of sp³-hybridized carbons (Fsp3) is 0.158. The van der Waals surface area contributed by atoms with Crippen LogP contribution in [0.2, 0.25) is 0 Å². The second-order valence-corrected chi connectivity index (χ2v) is 5.72. The van der Waals surface area contributed by atoms with Gasteiger partial charge in [0.05, 0.1) is 12.8 Å². The normalized spacial score (nSPS) is 11.1. The minimum absolute atomic E-state index is 0.0506. The molecule has 0 radical (unpaired) electrons. The van der Waals surface area contributed by atoms with Crippen LogP contribution in [0.4, 0.5) is 36.3 Å². The first kappa shape index (κ1) is 18.5. The number of anilines is 4. The van der Waals surface area contributed by atoms with Gasteiger partial charge < -0.3 is 15.4 Å². The number of aryl methyl sites for hydroxylation is 1. The molecule has 27 heavy (non-hydrogen) atoms. The molecule has 0 aliphatic carbocycles. The Labute approximate surface area is 154 Å². The number of aromatic nitrogens is 2. The van der Waals surface area contributed by atoms with E-state index in [9.17, 15) is 13.2 Å². The zero-order chi connectivity index (χ0) is 19.4. The Balaban J connectivity index is 2.00. The third-order valence-corrected chi connectivity index (χ3v) is 3.85. The molecule has 2 N–H and O–H groups in total. The van der Waals surface area contributed by atoms with Crippen LogP contribution in [-0.4, -0.2) is 17.1 Å². The first-order valence-corrected chi connectivity index (χ1v) is 8.05. The van der Waals surface area contributed by atoms with E-state index < -0.39 is 11.7 Å². The molecule has 0 atom stereocenters. The van der Waals surface area contributed by atoms with Crippen molar-refractivity contribution in [3.05, 3.63) is 65.9 Å². The number of hydrogen-bond acceptors (Lipinski definition) is 5. The maximum Gasteiger partial charge on any atom is 0.421 e. The van der Waals surface area contributed by atoms with Crippen LogP contribution in [0.15, 0.2) is 54.7 Å². The lowest BCUT2D eigenvalue weighted by Crippen LogP contribution is -2.13. The Morgan fingerprint density at radius 3 is 2.26 bits per heavy atom. The van der Waals surface area contributed by atoms with E-state index in [1.54, 1.807) is 30.3 Å². The summed E-state index contributed by atoms with van der Waals surface area (Å²) in [6, 6.07) is 14.0. The van der Waals surface area contributed by atoms with Crippen LogP contribution in [-0.2, 0) is 6.18 Å². The third kappa shape index (κ3) is 4.28. The van der Waals surface area contributed by atoms with Crippen LogP contribution in [0.25, 0.3) is 0 Å². The maximum atomic E-state index is 13.4. The molecular formula is C19H17F3N4O. The molecule has 0 amide bonds. The first-order chi connectivity index (χ1) is 12.9. The number of nitrogens with zero attached hydrogens (tertiary/aromatic N) is 2. The minimum atomic E-state index is -4.61. The highest BCUT2D eigenvalue weighted by atomic mass is 19.4. The van der Waals surface area contributed by atoms with Gasteiger partial charge in [-0.1, -0.05) is 30.3 Å². The summed E-state index contributed by atoms with van der Waals surface area (Å²) < 4.78 is 45.3. The van der Waals surface area contributed by atoms with E-state index in [-0.39, 0.29) is 11.8 Å². The predicted molar refractivity (Wildman–Crippen MR) is 97.8 cm³/mol. The number of methoxy groups -OCH3 is 1. The molecule has 5 nitrogen and oxygen atoms in total. The summed E-state index contributed by atoms with van der Waals surface area (Å²) in [6.45, 7) is 1.88. The molecule has 0 saturated heterocycles. The van der Waals surface area contributed by atoms with Crippen molar-refractivity contribution < 1.29 is 17.9 Å². The van der Waals surface area contributed by atoms with E-state index in [4.69, 9.17) is 4.74 Å². The average molecular weight is 374 g/mol. The Kier molecular flexibility index (Phi) is 5.16. The molecular weight excluding hydrogens is 357 g/mol. The summed E-state index contributed by atoms with van der Waals surface area (Å²) >= 11 is 0. The average Bonchev–Trinajstić information content (AvgIpc) is 2.63. The molecule has 2 aromatic carbocycles. The molecule has 3 aromatic rings. The third-order valence-electron chi connectivity index (χ3n) is 3.85. The van der Waals surface area contributed by atoms with E-state index in [0.29, 0.717) is 17.1 Å². The van der Waals surface area contributed by atoms with Crippen molar-refractivity contribution in [1.29, 1.82) is 0 Å².